The van der Waals surface area contributed by atoms with Crippen LogP contribution in [0.25, 0.3) is 0 Å². The minimum absolute atomic E-state index is 0.660. The van der Waals surface area contributed by atoms with E-state index < -0.39 is 0 Å². The van der Waals surface area contributed by atoms with Crippen molar-refractivity contribution in [1.29, 1.82) is 0 Å². The molecule has 0 bridgehead atoms. The molecule has 0 aliphatic carbocycles. The van der Waals surface area contributed by atoms with Gasteiger partial charge in [0.1, 0.15) is 0 Å². The summed E-state index contributed by atoms with van der Waals surface area (Å²) in [5, 5.41) is 11.3. The standard InChI is InChI=1S/C10H16N2S2/c1-3-13-7-9(1)5-11-6-10-8-14-4-2-12-10/h1,3,7,10-12H,2,4-6,8H2. The van der Waals surface area contributed by atoms with Gasteiger partial charge in [0.15, 0.2) is 0 Å². The highest BCUT2D eigenvalue weighted by Gasteiger charge is 2.11. The summed E-state index contributed by atoms with van der Waals surface area (Å²) < 4.78 is 0. The van der Waals surface area contributed by atoms with E-state index in [1.54, 1.807) is 11.3 Å². The Morgan fingerprint density at radius 2 is 2.57 bits per heavy atom. The summed E-state index contributed by atoms with van der Waals surface area (Å²) in [6, 6.07) is 2.84. The Kier molecular flexibility index (Phi) is 4.31. The van der Waals surface area contributed by atoms with Crippen molar-refractivity contribution >= 4 is 23.1 Å². The van der Waals surface area contributed by atoms with Crippen LogP contribution in [0.1, 0.15) is 5.56 Å². The van der Waals surface area contributed by atoms with Crippen LogP contribution in [0.3, 0.4) is 0 Å². The molecule has 0 amide bonds. The van der Waals surface area contributed by atoms with Crippen molar-refractivity contribution in [3.8, 4) is 0 Å². The first-order valence-corrected chi connectivity index (χ1v) is 7.08. The lowest BCUT2D eigenvalue weighted by Gasteiger charge is -2.23. The van der Waals surface area contributed by atoms with Gasteiger partial charge in [-0.15, -0.1) is 0 Å². The van der Waals surface area contributed by atoms with E-state index in [2.05, 4.69) is 39.2 Å². The van der Waals surface area contributed by atoms with Gasteiger partial charge in [0.05, 0.1) is 0 Å². The van der Waals surface area contributed by atoms with Gasteiger partial charge in [0.2, 0.25) is 0 Å². The number of hydrogen-bond acceptors (Lipinski definition) is 4. The lowest BCUT2D eigenvalue weighted by molar-refractivity contribution is 0.514. The van der Waals surface area contributed by atoms with Gasteiger partial charge < -0.3 is 10.6 Å². The third-order valence-electron chi connectivity index (χ3n) is 2.30. The van der Waals surface area contributed by atoms with Crippen molar-refractivity contribution in [2.75, 3.05) is 24.6 Å². The average Bonchev–Trinajstić information content (AvgIpc) is 2.72. The summed E-state index contributed by atoms with van der Waals surface area (Å²) in [5.74, 6) is 2.51. The Morgan fingerprint density at radius 1 is 1.57 bits per heavy atom. The molecule has 2 N–H and O–H groups in total. The van der Waals surface area contributed by atoms with Gasteiger partial charge in [-0.05, 0) is 22.4 Å². The molecule has 2 heterocycles. The molecular weight excluding hydrogens is 212 g/mol. The van der Waals surface area contributed by atoms with E-state index in [0.717, 1.165) is 19.6 Å². The summed E-state index contributed by atoms with van der Waals surface area (Å²) >= 11 is 3.82. The molecule has 0 aromatic carbocycles. The first-order chi connectivity index (χ1) is 6.95. The van der Waals surface area contributed by atoms with Crippen LogP contribution in [0.4, 0.5) is 0 Å². The molecule has 1 fully saturated rings. The lowest BCUT2D eigenvalue weighted by atomic mass is 10.3. The minimum Gasteiger partial charge on any atom is -0.311 e. The molecule has 78 valence electrons. The molecule has 1 aliphatic rings. The van der Waals surface area contributed by atoms with E-state index in [9.17, 15) is 0 Å². The normalized spacial score (nSPS) is 22.4. The van der Waals surface area contributed by atoms with Crippen molar-refractivity contribution in [2.45, 2.75) is 12.6 Å². The molecule has 2 nitrogen and oxygen atoms in total. The van der Waals surface area contributed by atoms with E-state index in [-0.39, 0.29) is 0 Å². The van der Waals surface area contributed by atoms with Gasteiger partial charge >= 0.3 is 0 Å². The number of thiophene rings is 1. The second kappa shape index (κ2) is 5.75. The van der Waals surface area contributed by atoms with Gasteiger partial charge in [0, 0.05) is 37.2 Å². The number of hydrogen-bond donors (Lipinski definition) is 2. The smallest absolute Gasteiger partial charge is 0.0283 e. The fourth-order valence-corrected chi connectivity index (χ4v) is 3.15. The quantitative estimate of drug-likeness (QED) is 0.817. The Hall–Kier alpha value is -0.0300. The number of nitrogens with one attached hydrogen (secondary N) is 2. The highest BCUT2D eigenvalue weighted by molar-refractivity contribution is 7.99. The molecule has 1 saturated heterocycles. The van der Waals surface area contributed by atoms with E-state index in [1.807, 2.05) is 0 Å². The molecule has 1 aliphatic heterocycles. The molecule has 1 unspecified atom stereocenters. The molecule has 2 rings (SSSR count). The molecular formula is C10H16N2S2. The molecule has 0 saturated carbocycles. The molecule has 1 aromatic heterocycles. The van der Waals surface area contributed by atoms with E-state index >= 15 is 0 Å². The molecule has 14 heavy (non-hydrogen) atoms. The Labute approximate surface area is 93.5 Å². The highest BCUT2D eigenvalue weighted by Crippen LogP contribution is 2.08. The van der Waals surface area contributed by atoms with Crippen LogP contribution in [0.5, 0.6) is 0 Å². The van der Waals surface area contributed by atoms with Crippen LogP contribution in [-0.2, 0) is 6.54 Å². The molecule has 0 spiro atoms. The van der Waals surface area contributed by atoms with Crippen LogP contribution < -0.4 is 10.6 Å². The monoisotopic (exact) mass is 228 g/mol. The maximum Gasteiger partial charge on any atom is 0.0283 e. The third kappa shape index (κ3) is 3.28. The Morgan fingerprint density at radius 3 is 3.29 bits per heavy atom. The van der Waals surface area contributed by atoms with Gasteiger partial charge in [-0.2, -0.15) is 23.1 Å². The van der Waals surface area contributed by atoms with Crippen molar-refractivity contribution in [3.63, 3.8) is 0 Å². The zero-order chi connectivity index (χ0) is 9.64. The molecule has 1 atom stereocenters. The van der Waals surface area contributed by atoms with E-state index in [0.29, 0.717) is 6.04 Å². The first kappa shape index (κ1) is 10.5. The second-order valence-corrected chi connectivity index (χ2v) is 5.42. The summed E-state index contributed by atoms with van der Waals surface area (Å²) in [6.45, 7) is 3.25. The number of rotatable bonds is 4. The predicted octanol–water partition coefficient (Wildman–Crippen LogP) is 1.54. The third-order valence-corrected chi connectivity index (χ3v) is 4.16. The van der Waals surface area contributed by atoms with E-state index in [1.165, 1.54) is 17.1 Å². The van der Waals surface area contributed by atoms with E-state index in [4.69, 9.17) is 0 Å². The maximum absolute atomic E-state index is 3.52. The fourth-order valence-electron chi connectivity index (χ4n) is 1.53. The average molecular weight is 228 g/mol. The number of thioether (sulfide) groups is 1. The predicted molar refractivity (Wildman–Crippen MR) is 65.1 cm³/mol. The Balaban J connectivity index is 1.62. The second-order valence-electron chi connectivity index (χ2n) is 3.49. The van der Waals surface area contributed by atoms with Crippen molar-refractivity contribution in [3.05, 3.63) is 22.4 Å². The molecule has 0 radical (unpaired) electrons. The zero-order valence-electron chi connectivity index (χ0n) is 8.16. The van der Waals surface area contributed by atoms with Crippen molar-refractivity contribution < 1.29 is 0 Å². The largest absolute Gasteiger partial charge is 0.311 e. The zero-order valence-corrected chi connectivity index (χ0v) is 9.79. The topological polar surface area (TPSA) is 24.1 Å². The van der Waals surface area contributed by atoms with Crippen LogP contribution >= 0.6 is 23.1 Å². The highest BCUT2D eigenvalue weighted by atomic mass is 32.2. The molecule has 4 heteroatoms. The Bertz CT molecular complexity index is 243. The molecule has 1 aromatic rings. The van der Waals surface area contributed by atoms with Gasteiger partial charge in [-0.25, -0.2) is 0 Å². The summed E-state index contributed by atoms with van der Waals surface area (Å²) in [4.78, 5) is 0. The first-order valence-electron chi connectivity index (χ1n) is 4.98. The SMILES string of the molecule is c1cc(CNCC2CSCCN2)cs1. The van der Waals surface area contributed by atoms with Gasteiger partial charge in [-0.1, -0.05) is 0 Å². The van der Waals surface area contributed by atoms with Crippen LogP contribution in [0, 0.1) is 0 Å². The van der Waals surface area contributed by atoms with Crippen molar-refractivity contribution in [1.82, 2.24) is 10.6 Å². The summed E-state index contributed by atoms with van der Waals surface area (Å²) in [7, 11) is 0. The maximum atomic E-state index is 3.52. The van der Waals surface area contributed by atoms with Crippen molar-refractivity contribution in [2.24, 2.45) is 0 Å². The van der Waals surface area contributed by atoms with Crippen LogP contribution in [-0.4, -0.2) is 30.6 Å². The van der Waals surface area contributed by atoms with Gasteiger partial charge in [-0.3, -0.25) is 0 Å². The summed E-state index contributed by atoms with van der Waals surface area (Å²) in [5.41, 5.74) is 1.40. The fraction of sp³-hybridized carbons (Fsp3) is 0.600. The van der Waals surface area contributed by atoms with Gasteiger partial charge in [0.25, 0.3) is 0 Å². The van der Waals surface area contributed by atoms with Crippen LogP contribution in [0.2, 0.25) is 0 Å². The lowest BCUT2D eigenvalue weighted by Crippen LogP contribution is -2.44. The summed E-state index contributed by atoms with van der Waals surface area (Å²) in [6.07, 6.45) is 0. The van der Waals surface area contributed by atoms with Crippen LogP contribution in [0.15, 0.2) is 16.8 Å². The minimum atomic E-state index is 0.660.